The maximum atomic E-state index is 12.5. The van der Waals surface area contributed by atoms with Crippen molar-refractivity contribution in [3.63, 3.8) is 0 Å². The SMILES string of the molecule is CCCCCCCC/C=C\CCCCCCCC(=O)OCCCCCCCCCCC/C=C\C/C=C\CCCCCCCCCCCC(=O)NC(CO)C(O)CCCCCCCCCCCCCCC. The van der Waals surface area contributed by atoms with Gasteiger partial charge in [0, 0.05) is 12.8 Å². The van der Waals surface area contributed by atoms with Gasteiger partial charge in [0.25, 0.3) is 0 Å². The number of carbonyl (C=O) groups is 2. The van der Waals surface area contributed by atoms with Crippen LogP contribution in [0.25, 0.3) is 0 Å². The zero-order chi connectivity index (χ0) is 50.7. The Bertz CT molecular complexity index is 1130. The third-order valence-corrected chi connectivity index (χ3v) is 14.4. The second-order valence-electron chi connectivity index (χ2n) is 21.4. The zero-order valence-corrected chi connectivity index (χ0v) is 47.0. The Morgan fingerprint density at radius 3 is 1.10 bits per heavy atom. The van der Waals surface area contributed by atoms with Crippen molar-refractivity contribution in [1.29, 1.82) is 0 Å². The summed E-state index contributed by atoms with van der Waals surface area (Å²) in [5, 5.41) is 23.2. The number of amides is 1. The molecule has 1 amide bonds. The number of ether oxygens (including phenoxy) is 1. The Labute approximate surface area is 436 Å². The first-order valence-electron chi connectivity index (χ1n) is 31.2. The van der Waals surface area contributed by atoms with E-state index in [1.165, 1.54) is 250 Å². The number of hydrogen-bond donors (Lipinski definition) is 3. The molecule has 6 nitrogen and oxygen atoms in total. The molecule has 0 spiro atoms. The molecule has 0 saturated carbocycles. The highest BCUT2D eigenvalue weighted by Gasteiger charge is 2.20. The molecule has 0 heterocycles. The third kappa shape index (κ3) is 55.4. The molecule has 6 heteroatoms. The summed E-state index contributed by atoms with van der Waals surface area (Å²) in [6, 6.07) is -0.546. The van der Waals surface area contributed by atoms with Crippen molar-refractivity contribution in [3.05, 3.63) is 36.5 Å². The fourth-order valence-electron chi connectivity index (χ4n) is 9.61. The van der Waals surface area contributed by atoms with Crippen molar-refractivity contribution in [2.75, 3.05) is 13.2 Å². The first kappa shape index (κ1) is 68.1. The lowest BCUT2D eigenvalue weighted by atomic mass is 10.0. The number of carbonyl (C=O) groups excluding carboxylic acids is 2. The lowest BCUT2D eigenvalue weighted by molar-refractivity contribution is -0.143. The minimum atomic E-state index is -0.668. The standard InChI is InChI=1S/C64H121NO5/c1-3-5-7-9-11-13-15-17-29-34-38-42-46-50-54-58-64(69)70-59-55-51-47-43-39-35-31-28-26-24-22-20-18-19-21-23-25-27-30-33-37-41-45-49-53-57-63(68)65-61(60-66)62(67)56-52-48-44-40-36-32-16-14-12-10-8-6-4-2/h17,19-22,29,61-62,66-67H,3-16,18,23-28,30-60H2,1-2H3,(H,65,68)/b21-19-,22-20-,29-17-. The molecule has 0 rings (SSSR count). The van der Waals surface area contributed by atoms with Crippen LogP contribution in [0.15, 0.2) is 36.5 Å². The molecule has 0 saturated heterocycles. The van der Waals surface area contributed by atoms with Crippen molar-refractivity contribution in [2.45, 2.75) is 347 Å². The van der Waals surface area contributed by atoms with E-state index in [4.69, 9.17) is 4.74 Å². The van der Waals surface area contributed by atoms with Crippen molar-refractivity contribution >= 4 is 11.9 Å². The summed E-state index contributed by atoms with van der Waals surface area (Å²) in [5.41, 5.74) is 0. The Kier molecular flexibility index (Phi) is 58.0. The van der Waals surface area contributed by atoms with Crippen molar-refractivity contribution in [2.24, 2.45) is 0 Å². The van der Waals surface area contributed by atoms with Crippen LogP contribution in [0.5, 0.6) is 0 Å². The van der Waals surface area contributed by atoms with Crippen molar-refractivity contribution < 1.29 is 24.5 Å². The van der Waals surface area contributed by atoms with Crippen LogP contribution >= 0.6 is 0 Å². The smallest absolute Gasteiger partial charge is 0.305 e. The van der Waals surface area contributed by atoms with Gasteiger partial charge in [-0.2, -0.15) is 0 Å². The fourth-order valence-corrected chi connectivity index (χ4v) is 9.61. The number of aliphatic hydroxyl groups excluding tert-OH is 2. The minimum Gasteiger partial charge on any atom is -0.466 e. The molecule has 0 aromatic heterocycles. The van der Waals surface area contributed by atoms with Crippen LogP contribution in [-0.2, 0) is 14.3 Å². The molecule has 0 bridgehead atoms. The molecule has 0 aliphatic carbocycles. The maximum Gasteiger partial charge on any atom is 0.305 e. The number of unbranched alkanes of at least 4 members (excludes halogenated alkanes) is 41. The number of aliphatic hydroxyl groups is 2. The van der Waals surface area contributed by atoms with Crippen LogP contribution < -0.4 is 5.32 Å². The van der Waals surface area contributed by atoms with E-state index in [1.807, 2.05) is 0 Å². The number of rotatable bonds is 58. The van der Waals surface area contributed by atoms with Gasteiger partial charge in [0.1, 0.15) is 0 Å². The molecule has 412 valence electrons. The van der Waals surface area contributed by atoms with Crippen LogP contribution in [0, 0.1) is 0 Å². The zero-order valence-electron chi connectivity index (χ0n) is 47.0. The summed E-state index contributed by atoms with van der Waals surface area (Å²) in [6.45, 7) is 4.95. The van der Waals surface area contributed by atoms with E-state index in [-0.39, 0.29) is 18.5 Å². The number of allylic oxidation sites excluding steroid dienone is 6. The topological polar surface area (TPSA) is 95.9 Å². The molecule has 70 heavy (non-hydrogen) atoms. The predicted molar refractivity (Wildman–Crippen MR) is 306 cm³/mol. The molecule has 0 aliphatic heterocycles. The van der Waals surface area contributed by atoms with E-state index in [0.29, 0.717) is 25.9 Å². The second kappa shape index (κ2) is 59.6. The van der Waals surface area contributed by atoms with Gasteiger partial charge >= 0.3 is 5.97 Å². The molecule has 0 fully saturated rings. The first-order chi connectivity index (χ1) is 34.5. The molecular formula is C64H121NO5. The van der Waals surface area contributed by atoms with Crippen LogP contribution in [0.2, 0.25) is 0 Å². The quantitative estimate of drug-likeness (QED) is 0.0321. The van der Waals surface area contributed by atoms with Gasteiger partial charge in [0.15, 0.2) is 0 Å². The first-order valence-corrected chi connectivity index (χ1v) is 31.2. The average molecular weight is 985 g/mol. The second-order valence-corrected chi connectivity index (χ2v) is 21.4. The van der Waals surface area contributed by atoms with Crippen molar-refractivity contribution in [1.82, 2.24) is 5.32 Å². The molecule has 2 unspecified atom stereocenters. The lowest BCUT2D eigenvalue weighted by Crippen LogP contribution is -2.45. The normalized spacial score (nSPS) is 12.8. The molecule has 0 radical (unpaired) electrons. The predicted octanol–water partition coefficient (Wildman–Crippen LogP) is 19.6. The van der Waals surface area contributed by atoms with Crippen LogP contribution in [0.1, 0.15) is 335 Å². The average Bonchev–Trinajstić information content (AvgIpc) is 3.36. The molecule has 0 aromatic carbocycles. The highest BCUT2D eigenvalue weighted by Crippen LogP contribution is 2.17. The molecule has 3 N–H and O–H groups in total. The van der Waals surface area contributed by atoms with E-state index < -0.39 is 12.1 Å². The summed E-state index contributed by atoms with van der Waals surface area (Å²) >= 11 is 0. The van der Waals surface area contributed by atoms with Gasteiger partial charge in [-0.3, -0.25) is 9.59 Å². The van der Waals surface area contributed by atoms with Crippen molar-refractivity contribution in [3.8, 4) is 0 Å². The summed E-state index contributed by atoms with van der Waals surface area (Å²) in [4.78, 5) is 24.5. The summed E-state index contributed by atoms with van der Waals surface area (Å²) in [6.07, 6.45) is 74.4. The highest BCUT2D eigenvalue weighted by molar-refractivity contribution is 5.76. The number of hydrogen-bond acceptors (Lipinski definition) is 5. The van der Waals surface area contributed by atoms with Gasteiger partial charge in [-0.15, -0.1) is 0 Å². The van der Waals surface area contributed by atoms with E-state index in [9.17, 15) is 19.8 Å². The summed E-state index contributed by atoms with van der Waals surface area (Å²) in [7, 11) is 0. The Morgan fingerprint density at radius 2 is 0.714 bits per heavy atom. The van der Waals surface area contributed by atoms with E-state index in [0.717, 1.165) is 51.4 Å². The molecular weight excluding hydrogens is 863 g/mol. The van der Waals surface area contributed by atoms with Crippen LogP contribution in [0.4, 0.5) is 0 Å². The van der Waals surface area contributed by atoms with Gasteiger partial charge in [-0.05, 0) is 83.5 Å². The van der Waals surface area contributed by atoms with Gasteiger partial charge < -0.3 is 20.3 Å². The summed E-state index contributed by atoms with van der Waals surface area (Å²) < 4.78 is 5.48. The van der Waals surface area contributed by atoms with E-state index >= 15 is 0 Å². The van der Waals surface area contributed by atoms with Crippen LogP contribution in [0.3, 0.4) is 0 Å². The van der Waals surface area contributed by atoms with E-state index in [2.05, 4.69) is 55.6 Å². The minimum absolute atomic E-state index is 0.00108. The molecule has 0 aromatic rings. The fraction of sp³-hybridized carbons (Fsp3) is 0.875. The largest absolute Gasteiger partial charge is 0.466 e. The Morgan fingerprint density at radius 1 is 0.400 bits per heavy atom. The van der Waals surface area contributed by atoms with Crippen LogP contribution in [-0.4, -0.2) is 47.4 Å². The van der Waals surface area contributed by atoms with Gasteiger partial charge in [-0.1, -0.05) is 275 Å². The summed E-state index contributed by atoms with van der Waals surface area (Å²) in [5.74, 6) is -0.0396. The molecule has 2 atom stereocenters. The third-order valence-electron chi connectivity index (χ3n) is 14.4. The maximum absolute atomic E-state index is 12.5. The Hall–Kier alpha value is -1.92. The Balaban J connectivity index is 3.43. The van der Waals surface area contributed by atoms with E-state index in [1.54, 1.807) is 0 Å². The lowest BCUT2D eigenvalue weighted by Gasteiger charge is -2.22. The number of nitrogens with one attached hydrogen (secondary N) is 1. The molecule has 0 aliphatic rings. The van der Waals surface area contributed by atoms with Gasteiger partial charge in [0.05, 0.1) is 25.4 Å². The van der Waals surface area contributed by atoms with Gasteiger partial charge in [0.2, 0.25) is 5.91 Å². The monoisotopic (exact) mass is 984 g/mol. The number of esters is 1. The van der Waals surface area contributed by atoms with Gasteiger partial charge in [-0.25, -0.2) is 0 Å². The highest BCUT2D eigenvalue weighted by atomic mass is 16.5.